The highest BCUT2D eigenvalue weighted by atomic mass is 35.5. The van der Waals surface area contributed by atoms with Crippen molar-refractivity contribution >= 4 is 68.0 Å². The molecule has 0 unspecified atom stereocenters. The first-order chi connectivity index (χ1) is 18.8. The standard InChI is InChI=1S/C29H26Cl2N2O6S/c1-29(2)12-24-27(25(34)13-29)16(7-9-26(35)36)23(32-24)11-18-17-10-15(6-8-22(17)33-28(18)37)40(38,39)14-19-20(30)4-3-5-21(19)31/h3-6,8,10-11,32H,7,9,12-14H2,1-2H3,(H,33,37)(H,35,36). The van der Waals surface area contributed by atoms with Crippen molar-refractivity contribution in [1.29, 1.82) is 0 Å². The average Bonchev–Trinajstić information content (AvgIpc) is 3.35. The number of sulfone groups is 1. The van der Waals surface area contributed by atoms with Crippen LogP contribution >= 0.6 is 23.2 Å². The number of nitrogens with one attached hydrogen (secondary N) is 2. The molecule has 2 aliphatic rings. The molecule has 1 amide bonds. The number of carbonyl (C=O) groups is 3. The predicted octanol–water partition coefficient (Wildman–Crippen LogP) is 5.96. The molecule has 1 aliphatic heterocycles. The monoisotopic (exact) mass is 600 g/mol. The van der Waals surface area contributed by atoms with Crippen LogP contribution in [0.25, 0.3) is 11.6 Å². The lowest BCUT2D eigenvalue weighted by atomic mass is 9.75. The van der Waals surface area contributed by atoms with Gasteiger partial charge in [0.15, 0.2) is 15.6 Å². The van der Waals surface area contributed by atoms with Crippen LogP contribution in [0.15, 0.2) is 41.3 Å². The molecule has 8 nitrogen and oxygen atoms in total. The maximum absolute atomic E-state index is 13.3. The van der Waals surface area contributed by atoms with Gasteiger partial charge in [-0.1, -0.05) is 43.1 Å². The number of carboxylic acids is 1. The molecule has 0 bridgehead atoms. The minimum Gasteiger partial charge on any atom is -0.481 e. The fourth-order valence-corrected chi connectivity index (χ4v) is 7.48. The van der Waals surface area contributed by atoms with Gasteiger partial charge in [0, 0.05) is 56.7 Å². The molecule has 0 fully saturated rings. The highest BCUT2D eigenvalue weighted by molar-refractivity contribution is 7.90. The van der Waals surface area contributed by atoms with E-state index in [2.05, 4.69) is 10.3 Å². The van der Waals surface area contributed by atoms with E-state index in [4.69, 9.17) is 23.2 Å². The van der Waals surface area contributed by atoms with Crippen molar-refractivity contribution in [2.24, 2.45) is 5.41 Å². The number of aromatic nitrogens is 1. The summed E-state index contributed by atoms with van der Waals surface area (Å²) in [6.45, 7) is 3.98. The number of hydrogen-bond donors (Lipinski definition) is 3. The number of carbonyl (C=O) groups excluding carboxylic acids is 2. The third-order valence-corrected chi connectivity index (χ3v) is 9.54. The Labute approximate surface area is 241 Å². The van der Waals surface area contributed by atoms with Gasteiger partial charge >= 0.3 is 5.97 Å². The number of aromatic amines is 1. The topological polar surface area (TPSA) is 133 Å². The molecule has 1 aromatic heterocycles. The number of H-pyrrole nitrogens is 1. The maximum Gasteiger partial charge on any atom is 0.303 e. The van der Waals surface area contributed by atoms with E-state index < -0.39 is 27.5 Å². The van der Waals surface area contributed by atoms with Crippen LogP contribution < -0.4 is 5.32 Å². The lowest BCUT2D eigenvalue weighted by molar-refractivity contribution is -0.137. The smallest absolute Gasteiger partial charge is 0.303 e. The molecular formula is C29H26Cl2N2O6S. The van der Waals surface area contributed by atoms with Crippen molar-refractivity contribution < 1.29 is 27.9 Å². The Morgan fingerprint density at radius 2 is 1.77 bits per heavy atom. The van der Waals surface area contributed by atoms with Gasteiger partial charge in [-0.3, -0.25) is 14.4 Å². The number of anilines is 1. The van der Waals surface area contributed by atoms with E-state index in [1.807, 2.05) is 13.8 Å². The molecule has 0 saturated carbocycles. The number of fused-ring (bicyclic) bond motifs is 2. The molecule has 11 heteroatoms. The van der Waals surface area contributed by atoms with Crippen LogP contribution in [0, 0.1) is 5.41 Å². The summed E-state index contributed by atoms with van der Waals surface area (Å²) < 4.78 is 26.7. The van der Waals surface area contributed by atoms with Crippen LogP contribution in [0.2, 0.25) is 10.0 Å². The van der Waals surface area contributed by atoms with Gasteiger partial charge in [0.2, 0.25) is 0 Å². The van der Waals surface area contributed by atoms with E-state index in [0.717, 1.165) is 0 Å². The Kier molecular flexibility index (Phi) is 7.18. The molecule has 5 rings (SSSR count). The lowest BCUT2D eigenvalue weighted by Gasteiger charge is -2.28. The summed E-state index contributed by atoms with van der Waals surface area (Å²) in [6.07, 6.45) is 2.40. The molecule has 1 aliphatic carbocycles. The van der Waals surface area contributed by atoms with E-state index in [1.165, 1.54) is 18.2 Å². The maximum atomic E-state index is 13.3. The number of carboxylic acid groups (broad SMARTS) is 1. The van der Waals surface area contributed by atoms with Gasteiger partial charge in [-0.25, -0.2) is 8.42 Å². The number of Topliss-reactive ketones (excluding diaryl/α,β-unsaturated/α-hetero) is 1. The zero-order chi connectivity index (χ0) is 29.0. The van der Waals surface area contributed by atoms with Crippen molar-refractivity contribution in [1.82, 2.24) is 4.98 Å². The number of ketones is 1. The summed E-state index contributed by atoms with van der Waals surface area (Å²) in [5.41, 5.74) is 3.23. The lowest BCUT2D eigenvalue weighted by Crippen LogP contribution is -2.27. The normalized spacial score (nSPS) is 17.1. The average molecular weight is 602 g/mol. The first kappa shape index (κ1) is 28.1. The van der Waals surface area contributed by atoms with Crippen LogP contribution in [0.1, 0.15) is 65.1 Å². The molecule has 3 aromatic rings. The molecule has 2 aromatic carbocycles. The van der Waals surface area contributed by atoms with Crippen LogP contribution in [0.5, 0.6) is 0 Å². The van der Waals surface area contributed by atoms with E-state index >= 15 is 0 Å². The first-order valence-corrected chi connectivity index (χ1v) is 15.0. The molecule has 2 heterocycles. The SMILES string of the molecule is CC1(C)CC(=O)c2c([nH]c(C=C3C(=O)Nc4ccc(S(=O)(=O)Cc5c(Cl)cccc5Cl)cc43)c2CCC(=O)O)C1. The Morgan fingerprint density at radius 3 is 2.45 bits per heavy atom. The van der Waals surface area contributed by atoms with Gasteiger partial charge in [0.1, 0.15) is 0 Å². The fourth-order valence-electron chi connectivity index (χ4n) is 5.36. The highest BCUT2D eigenvalue weighted by Gasteiger charge is 2.36. The molecular weight excluding hydrogens is 575 g/mol. The van der Waals surface area contributed by atoms with Crippen LogP contribution in [-0.4, -0.2) is 36.2 Å². The van der Waals surface area contributed by atoms with E-state index in [-0.39, 0.29) is 50.1 Å². The molecule has 0 radical (unpaired) electrons. The third-order valence-electron chi connectivity index (χ3n) is 7.19. The molecule has 208 valence electrons. The third kappa shape index (κ3) is 5.33. The van der Waals surface area contributed by atoms with Gasteiger partial charge in [0.05, 0.1) is 16.2 Å². The molecule has 3 N–H and O–H groups in total. The summed E-state index contributed by atoms with van der Waals surface area (Å²) in [7, 11) is -3.90. The summed E-state index contributed by atoms with van der Waals surface area (Å²) in [5.74, 6) is -1.95. The largest absolute Gasteiger partial charge is 0.481 e. The number of halogens is 2. The number of aliphatic carboxylic acids is 1. The summed E-state index contributed by atoms with van der Waals surface area (Å²) in [5, 5.41) is 12.5. The van der Waals surface area contributed by atoms with E-state index in [9.17, 15) is 27.9 Å². The second-order valence-corrected chi connectivity index (χ2v) is 13.7. The number of rotatable bonds is 7. The Balaban J connectivity index is 1.58. The van der Waals surface area contributed by atoms with Gasteiger partial charge in [-0.15, -0.1) is 0 Å². The summed E-state index contributed by atoms with van der Waals surface area (Å²) in [6, 6.07) is 9.11. The van der Waals surface area contributed by atoms with Crippen LogP contribution in [-0.2, 0) is 38.0 Å². The van der Waals surface area contributed by atoms with Crippen molar-refractivity contribution in [2.45, 2.75) is 50.2 Å². The Morgan fingerprint density at radius 1 is 1.07 bits per heavy atom. The Bertz CT molecular complexity index is 1720. The Hall–Kier alpha value is -3.40. The highest BCUT2D eigenvalue weighted by Crippen LogP contribution is 2.40. The first-order valence-electron chi connectivity index (χ1n) is 12.6. The second kappa shape index (κ2) is 10.2. The van der Waals surface area contributed by atoms with E-state index in [0.29, 0.717) is 46.6 Å². The summed E-state index contributed by atoms with van der Waals surface area (Å²) >= 11 is 12.4. The van der Waals surface area contributed by atoms with E-state index in [1.54, 1.807) is 24.3 Å². The van der Waals surface area contributed by atoms with Gasteiger partial charge < -0.3 is 15.4 Å². The molecule has 0 atom stereocenters. The molecule has 0 spiro atoms. The van der Waals surface area contributed by atoms with Crippen LogP contribution in [0.3, 0.4) is 0 Å². The zero-order valence-electron chi connectivity index (χ0n) is 21.7. The predicted molar refractivity (Wildman–Crippen MR) is 153 cm³/mol. The summed E-state index contributed by atoms with van der Waals surface area (Å²) in [4.78, 5) is 40.7. The quantitative estimate of drug-likeness (QED) is 0.286. The minimum absolute atomic E-state index is 0.0153. The molecule has 40 heavy (non-hydrogen) atoms. The van der Waals surface area contributed by atoms with Crippen LogP contribution in [0.4, 0.5) is 5.69 Å². The number of benzene rings is 2. The van der Waals surface area contributed by atoms with Crippen molar-refractivity contribution in [3.8, 4) is 0 Å². The minimum atomic E-state index is -3.90. The van der Waals surface area contributed by atoms with Gasteiger partial charge in [-0.05, 0) is 60.2 Å². The number of amides is 1. The zero-order valence-corrected chi connectivity index (χ0v) is 24.1. The second-order valence-electron chi connectivity index (χ2n) is 10.9. The van der Waals surface area contributed by atoms with Crippen molar-refractivity contribution in [2.75, 3.05) is 5.32 Å². The fraction of sp³-hybridized carbons (Fsp3) is 0.276. The molecule has 0 saturated heterocycles. The van der Waals surface area contributed by atoms with Gasteiger partial charge in [0.25, 0.3) is 5.91 Å². The van der Waals surface area contributed by atoms with Gasteiger partial charge in [-0.2, -0.15) is 0 Å². The number of hydrogen-bond acceptors (Lipinski definition) is 5. The van der Waals surface area contributed by atoms with Crippen molar-refractivity contribution in [3.63, 3.8) is 0 Å². The van der Waals surface area contributed by atoms with Crippen molar-refractivity contribution in [3.05, 3.63) is 80.1 Å².